The SMILES string of the molecule is COC(CN(CCCl)CCCl)OC.Cl. The molecule has 0 atom stereocenters. The van der Waals surface area contributed by atoms with Gasteiger partial charge in [-0.15, -0.1) is 35.6 Å². The smallest absolute Gasteiger partial charge is 0.169 e. The average Bonchev–Trinajstić information content (AvgIpc) is 2.14. The summed E-state index contributed by atoms with van der Waals surface area (Å²) in [7, 11) is 3.24. The molecule has 0 aliphatic rings. The highest BCUT2D eigenvalue weighted by Gasteiger charge is 2.11. The van der Waals surface area contributed by atoms with Crippen LogP contribution in [0.5, 0.6) is 0 Å². The number of alkyl halides is 2. The van der Waals surface area contributed by atoms with Crippen molar-refractivity contribution in [3.05, 3.63) is 0 Å². The Morgan fingerprint density at radius 3 is 1.79 bits per heavy atom. The maximum atomic E-state index is 5.64. The van der Waals surface area contributed by atoms with Crippen LogP contribution in [-0.4, -0.2) is 56.8 Å². The molecule has 0 radical (unpaired) electrons. The van der Waals surface area contributed by atoms with Gasteiger partial charge in [0, 0.05) is 45.6 Å². The third-order valence-electron chi connectivity index (χ3n) is 1.73. The number of ether oxygens (including phenoxy) is 2. The van der Waals surface area contributed by atoms with E-state index in [1.54, 1.807) is 14.2 Å². The Balaban J connectivity index is 0. The van der Waals surface area contributed by atoms with Crippen LogP contribution < -0.4 is 0 Å². The minimum atomic E-state index is -0.202. The molecule has 3 nitrogen and oxygen atoms in total. The van der Waals surface area contributed by atoms with Gasteiger partial charge >= 0.3 is 0 Å². The van der Waals surface area contributed by atoms with Gasteiger partial charge in [0.25, 0.3) is 0 Å². The van der Waals surface area contributed by atoms with Gasteiger partial charge in [0.1, 0.15) is 0 Å². The van der Waals surface area contributed by atoms with Gasteiger partial charge in [0.05, 0.1) is 0 Å². The highest BCUT2D eigenvalue weighted by Crippen LogP contribution is 1.98. The Labute approximate surface area is 102 Å². The van der Waals surface area contributed by atoms with Crippen LogP contribution in [0.25, 0.3) is 0 Å². The van der Waals surface area contributed by atoms with Gasteiger partial charge in [-0.2, -0.15) is 0 Å². The second-order valence-corrected chi connectivity index (χ2v) is 3.34. The summed E-state index contributed by atoms with van der Waals surface area (Å²) in [6, 6.07) is 0. The second-order valence-electron chi connectivity index (χ2n) is 2.58. The standard InChI is InChI=1S/C8H17Cl2NO2.ClH/c1-12-8(13-2)7-11(5-3-9)6-4-10;/h8H,3-7H2,1-2H3;1H. The van der Waals surface area contributed by atoms with E-state index in [0.717, 1.165) is 13.1 Å². The quantitative estimate of drug-likeness (QED) is 0.494. The van der Waals surface area contributed by atoms with E-state index in [-0.39, 0.29) is 18.7 Å². The molecule has 0 saturated carbocycles. The second kappa shape index (κ2) is 11.8. The van der Waals surface area contributed by atoms with Gasteiger partial charge in [-0.3, -0.25) is 4.90 Å². The van der Waals surface area contributed by atoms with Crippen molar-refractivity contribution >= 4 is 35.6 Å². The van der Waals surface area contributed by atoms with Crippen LogP contribution in [0.15, 0.2) is 0 Å². The Morgan fingerprint density at radius 1 is 1.07 bits per heavy atom. The van der Waals surface area contributed by atoms with Gasteiger partial charge < -0.3 is 9.47 Å². The van der Waals surface area contributed by atoms with Crippen LogP contribution in [0.2, 0.25) is 0 Å². The molecule has 0 bridgehead atoms. The van der Waals surface area contributed by atoms with Crippen molar-refractivity contribution in [3.63, 3.8) is 0 Å². The summed E-state index contributed by atoms with van der Waals surface area (Å²) in [5, 5.41) is 0. The molecule has 0 spiro atoms. The van der Waals surface area contributed by atoms with E-state index in [9.17, 15) is 0 Å². The van der Waals surface area contributed by atoms with E-state index in [2.05, 4.69) is 4.90 Å². The van der Waals surface area contributed by atoms with Gasteiger partial charge in [0.2, 0.25) is 0 Å². The van der Waals surface area contributed by atoms with Crippen molar-refractivity contribution in [1.82, 2.24) is 4.90 Å². The average molecular weight is 267 g/mol. The molecule has 0 aliphatic heterocycles. The normalized spacial score (nSPS) is 10.7. The van der Waals surface area contributed by atoms with Gasteiger partial charge in [0.15, 0.2) is 6.29 Å². The molecular weight excluding hydrogens is 248 g/mol. The first-order valence-electron chi connectivity index (χ1n) is 4.18. The van der Waals surface area contributed by atoms with Gasteiger partial charge in [-0.1, -0.05) is 0 Å². The molecule has 88 valence electrons. The Morgan fingerprint density at radius 2 is 1.50 bits per heavy atom. The lowest BCUT2D eigenvalue weighted by Crippen LogP contribution is -2.37. The highest BCUT2D eigenvalue weighted by molar-refractivity contribution is 6.18. The third kappa shape index (κ3) is 8.09. The fraction of sp³-hybridized carbons (Fsp3) is 1.00. The molecule has 6 heteroatoms. The number of methoxy groups -OCH3 is 2. The molecule has 0 amide bonds. The molecular formula is C8H18Cl3NO2. The molecule has 0 saturated heterocycles. The van der Waals surface area contributed by atoms with Crippen molar-refractivity contribution in [1.29, 1.82) is 0 Å². The number of hydrogen-bond donors (Lipinski definition) is 0. The van der Waals surface area contributed by atoms with E-state index in [1.807, 2.05) is 0 Å². The number of hydrogen-bond acceptors (Lipinski definition) is 3. The summed E-state index contributed by atoms with van der Waals surface area (Å²) in [5.41, 5.74) is 0. The molecule has 0 aromatic carbocycles. The molecule has 0 aliphatic carbocycles. The van der Waals surface area contributed by atoms with E-state index >= 15 is 0 Å². The maximum absolute atomic E-state index is 5.64. The summed E-state index contributed by atoms with van der Waals surface area (Å²) in [5.74, 6) is 1.19. The first-order valence-corrected chi connectivity index (χ1v) is 5.25. The third-order valence-corrected chi connectivity index (χ3v) is 2.07. The Hall–Kier alpha value is 0.750. The lowest BCUT2D eigenvalue weighted by Gasteiger charge is -2.24. The summed E-state index contributed by atoms with van der Waals surface area (Å²) in [4.78, 5) is 2.11. The van der Waals surface area contributed by atoms with Crippen LogP contribution >= 0.6 is 35.6 Å². The minimum absolute atomic E-state index is 0. The first-order chi connectivity index (χ1) is 6.28. The van der Waals surface area contributed by atoms with Crippen molar-refractivity contribution in [2.24, 2.45) is 0 Å². The highest BCUT2D eigenvalue weighted by atomic mass is 35.5. The zero-order valence-electron chi connectivity index (χ0n) is 8.54. The molecule has 0 N–H and O–H groups in total. The molecule has 14 heavy (non-hydrogen) atoms. The van der Waals surface area contributed by atoms with Crippen LogP contribution in [0, 0.1) is 0 Å². The number of nitrogens with zero attached hydrogens (tertiary/aromatic N) is 1. The first kappa shape index (κ1) is 17.2. The molecule has 0 rings (SSSR count). The summed E-state index contributed by atoms with van der Waals surface area (Å²) in [6.07, 6.45) is -0.202. The lowest BCUT2D eigenvalue weighted by atomic mass is 10.4. The van der Waals surface area contributed by atoms with Crippen molar-refractivity contribution in [2.45, 2.75) is 6.29 Å². The zero-order valence-corrected chi connectivity index (χ0v) is 10.9. The topological polar surface area (TPSA) is 21.7 Å². The van der Waals surface area contributed by atoms with Crippen molar-refractivity contribution < 1.29 is 9.47 Å². The van der Waals surface area contributed by atoms with Crippen molar-refractivity contribution in [2.75, 3.05) is 45.6 Å². The molecule has 0 aromatic rings. The fourth-order valence-electron chi connectivity index (χ4n) is 0.990. The monoisotopic (exact) mass is 265 g/mol. The molecule has 0 fully saturated rings. The molecule has 0 heterocycles. The lowest BCUT2D eigenvalue weighted by molar-refractivity contribution is -0.115. The van der Waals surface area contributed by atoms with Crippen LogP contribution in [0.4, 0.5) is 0 Å². The van der Waals surface area contributed by atoms with Crippen molar-refractivity contribution in [3.8, 4) is 0 Å². The maximum Gasteiger partial charge on any atom is 0.169 e. The predicted molar refractivity (Wildman–Crippen MR) is 62.9 cm³/mol. The van der Waals surface area contributed by atoms with Crippen LogP contribution in [-0.2, 0) is 9.47 Å². The summed E-state index contributed by atoms with van der Waals surface area (Å²) >= 11 is 11.3. The van der Waals surface area contributed by atoms with E-state index in [4.69, 9.17) is 32.7 Å². The number of halogens is 3. The summed E-state index contributed by atoms with van der Waals surface area (Å²) in [6.45, 7) is 2.31. The number of rotatable bonds is 8. The van der Waals surface area contributed by atoms with E-state index < -0.39 is 0 Å². The zero-order chi connectivity index (χ0) is 10.1. The Kier molecular flexibility index (Phi) is 14.5. The van der Waals surface area contributed by atoms with Crippen LogP contribution in [0.3, 0.4) is 0 Å². The Bertz CT molecular complexity index is 109. The van der Waals surface area contributed by atoms with Crippen LogP contribution in [0.1, 0.15) is 0 Å². The van der Waals surface area contributed by atoms with Gasteiger partial charge in [-0.05, 0) is 0 Å². The van der Waals surface area contributed by atoms with Gasteiger partial charge in [-0.25, -0.2) is 0 Å². The fourth-order valence-corrected chi connectivity index (χ4v) is 1.47. The largest absolute Gasteiger partial charge is 0.355 e. The van der Waals surface area contributed by atoms with E-state index in [0.29, 0.717) is 18.3 Å². The van der Waals surface area contributed by atoms with E-state index in [1.165, 1.54) is 0 Å². The predicted octanol–water partition coefficient (Wildman–Crippen LogP) is 1.81. The molecule has 0 unspecified atom stereocenters. The summed E-state index contributed by atoms with van der Waals surface area (Å²) < 4.78 is 10.1. The minimum Gasteiger partial charge on any atom is -0.355 e. The molecule has 0 aromatic heterocycles.